The molecule has 8 heteroatoms. The number of hydrogen-bond acceptors (Lipinski definition) is 3. The topological polar surface area (TPSA) is 57.1 Å². The van der Waals surface area contributed by atoms with Gasteiger partial charge in [0.2, 0.25) is 5.91 Å². The standard InChI is InChI=1S/C10H9F3N4O/c11-10(12,13)7-2-1-3-8(6-7)14-16-17-5-4-9(18)15-17/h1-3,6H,4-5H2,(H,15,18). The number of carbonyl (C=O) groups is 1. The van der Waals surface area contributed by atoms with Crippen molar-refractivity contribution in [2.75, 3.05) is 6.54 Å². The molecule has 1 aromatic carbocycles. The zero-order valence-corrected chi connectivity index (χ0v) is 9.11. The molecule has 1 aromatic rings. The number of carbonyl (C=O) groups excluding carboxylic acids is 1. The first-order chi connectivity index (χ1) is 8.45. The molecule has 1 amide bonds. The number of nitrogens with one attached hydrogen (secondary N) is 1. The van der Waals surface area contributed by atoms with Crippen LogP contribution >= 0.6 is 0 Å². The molecule has 1 aliphatic heterocycles. The summed E-state index contributed by atoms with van der Waals surface area (Å²) in [4.78, 5) is 10.8. The van der Waals surface area contributed by atoms with Gasteiger partial charge < -0.3 is 0 Å². The predicted molar refractivity (Wildman–Crippen MR) is 55.4 cm³/mol. The van der Waals surface area contributed by atoms with E-state index in [1.807, 2.05) is 0 Å². The van der Waals surface area contributed by atoms with E-state index in [0.29, 0.717) is 13.0 Å². The second-order valence-electron chi connectivity index (χ2n) is 3.65. The Morgan fingerprint density at radius 1 is 1.33 bits per heavy atom. The lowest BCUT2D eigenvalue weighted by molar-refractivity contribution is -0.137. The summed E-state index contributed by atoms with van der Waals surface area (Å²) in [5.41, 5.74) is 1.67. The highest BCUT2D eigenvalue weighted by Crippen LogP contribution is 2.31. The molecule has 96 valence electrons. The van der Waals surface area contributed by atoms with Gasteiger partial charge in [0.25, 0.3) is 0 Å². The normalized spacial score (nSPS) is 16.4. The first-order valence-corrected chi connectivity index (χ1v) is 5.11. The minimum absolute atomic E-state index is 0.0750. The molecule has 1 N–H and O–H groups in total. The van der Waals surface area contributed by atoms with E-state index in [9.17, 15) is 18.0 Å². The number of hydrazine groups is 1. The minimum Gasteiger partial charge on any atom is -0.273 e. The first kappa shape index (κ1) is 12.3. The molecule has 5 nitrogen and oxygen atoms in total. The van der Waals surface area contributed by atoms with Crippen LogP contribution in [0.15, 0.2) is 34.6 Å². The molecule has 0 atom stereocenters. The maximum Gasteiger partial charge on any atom is 0.416 e. The van der Waals surface area contributed by atoms with Gasteiger partial charge in [0.15, 0.2) is 0 Å². The summed E-state index contributed by atoms with van der Waals surface area (Å²) in [5.74, 6) is -0.196. The Bertz CT molecular complexity index is 486. The zero-order valence-electron chi connectivity index (χ0n) is 9.11. The van der Waals surface area contributed by atoms with Crippen molar-refractivity contribution in [1.82, 2.24) is 10.5 Å². The fraction of sp³-hybridized carbons (Fsp3) is 0.300. The van der Waals surface area contributed by atoms with Crippen molar-refractivity contribution in [3.05, 3.63) is 29.8 Å². The molecule has 1 heterocycles. The van der Waals surface area contributed by atoms with E-state index in [1.54, 1.807) is 0 Å². The maximum atomic E-state index is 12.4. The lowest BCUT2D eigenvalue weighted by Gasteiger charge is -2.08. The summed E-state index contributed by atoms with van der Waals surface area (Å²) in [6.45, 7) is 0.349. The monoisotopic (exact) mass is 258 g/mol. The SMILES string of the molecule is O=C1CCN(N=Nc2cccc(C(F)(F)F)c2)N1. The number of benzene rings is 1. The maximum absolute atomic E-state index is 12.4. The van der Waals surface area contributed by atoms with Crippen molar-refractivity contribution < 1.29 is 18.0 Å². The highest BCUT2D eigenvalue weighted by Gasteiger charge is 2.30. The van der Waals surface area contributed by atoms with E-state index >= 15 is 0 Å². The fourth-order valence-electron chi connectivity index (χ4n) is 1.38. The molecule has 0 radical (unpaired) electrons. The number of hydrogen-bond donors (Lipinski definition) is 1. The summed E-state index contributed by atoms with van der Waals surface area (Å²) in [6.07, 6.45) is -4.12. The van der Waals surface area contributed by atoms with Gasteiger partial charge in [-0.15, -0.1) is 5.11 Å². The summed E-state index contributed by atoms with van der Waals surface area (Å²) < 4.78 is 37.3. The second-order valence-corrected chi connectivity index (χ2v) is 3.65. The highest BCUT2D eigenvalue weighted by molar-refractivity contribution is 5.77. The molecule has 1 fully saturated rings. The van der Waals surface area contributed by atoms with Gasteiger partial charge >= 0.3 is 6.18 Å². The Morgan fingerprint density at radius 2 is 2.11 bits per heavy atom. The molecular weight excluding hydrogens is 249 g/mol. The largest absolute Gasteiger partial charge is 0.416 e. The van der Waals surface area contributed by atoms with Crippen LogP contribution in [0, 0.1) is 0 Å². The van der Waals surface area contributed by atoms with Crippen LogP contribution in [0.2, 0.25) is 0 Å². The molecule has 1 saturated heterocycles. The average Bonchev–Trinajstić information content (AvgIpc) is 2.72. The van der Waals surface area contributed by atoms with Crippen LogP contribution in [0.3, 0.4) is 0 Å². The molecule has 0 bridgehead atoms. The van der Waals surface area contributed by atoms with Gasteiger partial charge in [-0.05, 0) is 18.2 Å². The van der Waals surface area contributed by atoms with Gasteiger partial charge in [-0.1, -0.05) is 11.3 Å². The lowest BCUT2D eigenvalue weighted by atomic mass is 10.2. The van der Waals surface area contributed by atoms with Gasteiger partial charge in [-0.25, -0.2) is 5.43 Å². The van der Waals surface area contributed by atoms with Gasteiger partial charge in [0.1, 0.15) is 0 Å². The number of amides is 1. The summed E-state index contributed by atoms with van der Waals surface area (Å²) >= 11 is 0. The molecular formula is C10H9F3N4O. The van der Waals surface area contributed by atoms with E-state index < -0.39 is 11.7 Å². The third-order valence-electron chi connectivity index (χ3n) is 2.25. The lowest BCUT2D eigenvalue weighted by Crippen LogP contribution is -2.27. The molecule has 0 unspecified atom stereocenters. The van der Waals surface area contributed by atoms with Crippen molar-refractivity contribution in [1.29, 1.82) is 0 Å². The molecule has 0 aromatic heterocycles. The third kappa shape index (κ3) is 2.96. The van der Waals surface area contributed by atoms with E-state index in [2.05, 4.69) is 15.8 Å². The minimum atomic E-state index is -4.41. The predicted octanol–water partition coefficient (Wildman–Crippen LogP) is 2.44. The summed E-state index contributed by atoms with van der Waals surface area (Å²) in [5, 5.41) is 8.44. The zero-order chi connectivity index (χ0) is 13.2. The Labute approximate surface area is 100 Å². The van der Waals surface area contributed by atoms with Gasteiger partial charge in [-0.3, -0.25) is 4.79 Å². The van der Waals surface area contributed by atoms with Crippen LogP contribution in [0.5, 0.6) is 0 Å². The van der Waals surface area contributed by atoms with Crippen molar-refractivity contribution >= 4 is 11.6 Å². The quantitative estimate of drug-likeness (QED) is 0.828. The highest BCUT2D eigenvalue weighted by atomic mass is 19.4. The molecule has 18 heavy (non-hydrogen) atoms. The summed E-state index contributed by atoms with van der Waals surface area (Å²) in [6, 6.07) is 4.49. The molecule has 0 aliphatic carbocycles. The van der Waals surface area contributed by atoms with Crippen LogP contribution in [0.1, 0.15) is 12.0 Å². The Kier molecular flexibility index (Phi) is 3.17. The van der Waals surface area contributed by atoms with Crippen LogP contribution < -0.4 is 5.43 Å². The molecule has 2 rings (SSSR count). The Morgan fingerprint density at radius 3 is 2.72 bits per heavy atom. The van der Waals surface area contributed by atoms with Crippen molar-refractivity contribution in [3.8, 4) is 0 Å². The van der Waals surface area contributed by atoms with Gasteiger partial charge in [0.05, 0.1) is 17.8 Å². The average molecular weight is 258 g/mol. The number of alkyl halides is 3. The van der Waals surface area contributed by atoms with E-state index in [1.165, 1.54) is 17.3 Å². The molecule has 1 aliphatic rings. The molecule has 0 spiro atoms. The fourth-order valence-corrected chi connectivity index (χ4v) is 1.38. The third-order valence-corrected chi connectivity index (χ3v) is 2.25. The van der Waals surface area contributed by atoms with Gasteiger partial charge in [0, 0.05) is 6.42 Å². The van der Waals surface area contributed by atoms with Crippen molar-refractivity contribution in [2.45, 2.75) is 12.6 Å². The molecule has 0 saturated carbocycles. The Hall–Kier alpha value is -2.12. The van der Waals surface area contributed by atoms with Crippen LogP contribution in [0.25, 0.3) is 0 Å². The summed E-state index contributed by atoms with van der Waals surface area (Å²) in [7, 11) is 0. The van der Waals surface area contributed by atoms with E-state index in [-0.39, 0.29) is 11.6 Å². The van der Waals surface area contributed by atoms with Crippen molar-refractivity contribution in [3.63, 3.8) is 0 Å². The number of halogens is 3. The van der Waals surface area contributed by atoms with E-state index in [4.69, 9.17) is 0 Å². The first-order valence-electron chi connectivity index (χ1n) is 5.11. The van der Waals surface area contributed by atoms with E-state index in [0.717, 1.165) is 12.1 Å². The Balaban J connectivity index is 2.10. The van der Waals surface area contributed by atoms with Crippen molar-refractivity contribution in [2.24, 2.45) is 10.3 Å². The van der Waals surface area contributed by atoms with Crippen LogP contribution in [-0.2, 0) is 11.0 Å². The van der Waals surface area contributed by atoms with Crippen LogP contribution in [0.4, 0.5) is 18.9 Å². The number of nitrogens with zero attached hydrogens (tertiary/aromatic N) is 3. The second kappa shape index (κ2) is 4.63. The van der Waals surface area contributed by atoms with Gasteiger partial charge in [-0.2, -0.15) is 18.3 Å². The number of rotatable bonds is 2. The van der Waals surface area contributed by atoms with Crippen LogP contribution in [-0.4, -0.2) is 17.6 Å². The smallest absolute Gasteiger partial charge is 0.273 e.